The molecule has 0 radical (unpaired) electrons. The Bertz CT molecular complexity index is 1480. The maximum absolute atomic E-state index is 12.7. The Balaban J connectivity index is 1.61. The average molecular weight is 889 g/mol. The predicted octanol–water partition coefficient (Wildman–Crippen LogP) is -7.79. The van der Waals surface area contributed by atoms with Crippen molar-refractivity contribution in [3.05, 3.63) is 0 Å². The number of nitrogens with one attached hydrogen (secondary N) is 4. The van der Waals surface area contributed by atoms with Crippen molar-refractivity contribution in [2.24, 2.45) is 0 Å². The lowest BCUT2D eigenvalue weighted by atomic mass is 9.93. The van der Waals surface area contributed by atoms with Gasteiger partial charge >= 0.3 is 6.09 Å². The molecular weight excluding hydrogens is 828 g/mol. The summed E-state index contributed by atoms with van der Waals surface area (Å²) in [7, 11) is 0. The van der Waals surface area contributed by atoms with Crippen LogP contribution in [0.4, 0.5) is 4.79 Å². The third-order valence-corrected chi connectivity index (χ3v) is 10.1. The number of amides is 4. The molecule has 0 aromatic rings. The van der Waals surface area contributed by atoms with Crippen LogP contribution in [0.1, 0.15) is 41.5 Å². The molecule has 4 aliphatic rings. The largest absolute Gasteiger partial charge is 0.444 e. The number of hydrogen-bond acceptors (Lipinski definition) is 22. The summed E-state index contributed by atoms with van der Waals surface area (Å²) in [6.07, 6.45) is -28.6. The number of hydrogen-bond donors (Lipinski definition) is 14. The van der Waals surface area contributed by atoms with Crippen LogP contribution in [-0.4, -0.2) is 229 Å². The summed E-state index contributed by atoms with van der Waals surface area (Å²) in [6.45, 7) is 4.37. The fraction of sp³-hybridized carbons (Fsp3) is 0.886. The van der Waals surface area contributed by atoms with E-state index in [-0.39, 0.29) is 0 Å². The van der Waals surface area contributed by atoms with Gasteiger partial charge in [-0.25, -0.2) is 4.79 Å². The quantitative estimate of drug-likeness (QED) is 0.0770. The molecule has 20 atom stereocenters. The molecule has 26 nitrogen and oxygen atoms in total. The SMILES string of the molecule is CC(=O)N[C@@H]1[C@@H](O)[C@H](O[C@@H]2O[C@H](CO)[C@@H](O[C@@H]3O[C@H](CO)[C@@H](O[C@@H]4O[C@H](CO)[C@@H](O)[C@H](O)[C@H]4NC(=O)OC(C)(C)C)[C@H](O)[C@H]3NC(C)=O)[C@H](O)[C@H]2NC(C)=O)[C@@H](CO)O[C@H]1O. The first-order valence-electron chi connectivity index (χ1n) is 19.5. The lowest BCUT2D eigenvalue weighted by molar-refractivity contribution is -0.362. The molecule has 0 spiro atoms. The summed E-state index contributed by atoms with van der Waals surface area (Å²) in [5.74, 6) is -2.18. The first-order valence-corrected chi connectivity index (χ1v) is 19.5. The van der Waals surface area contributed by atoms with Crippen molar-refractivity contribution in [2.45, 2.75) is 170 Å². The van der Waals surface area contributed by atoms with Gasteiger partial charge in [-0.15, -0.1) is 0 Å². The van der Waals surface area contributed by atoms with Crippen LogP contribution in [0, 0.1) is 0 Å². The zero-order valence-electron chi connectivity index (χ0n) is 34.2. The molecule has 0 aromatic carbocycles. The third kappa shape index (κ3) is 12.4. The second-order valence-corrected chi connectivity index (χ2v) is 16.0. The smallest absolute Gasteiger partial charge is 0.408 e. The van der Waals surface area contributed by atoms with Gasteiger partial charge in [0.05, 0.1) is 26.4 Å². The minimum absolute atomic E-state index is 0.668. The summed E-state index contributed by atoms with van der Waals surface area (Å²) in [4.78, 5) is 49.4. The van der Waals surface area contributed by atoms with Crippen molar-refractivity contribution in [3.63, 3.8) is 0 Å². The number of aliphatic hydroxyl groups excluding tert-OH is 10. The Hall–Kier alpha value is -3.00. The molecule has 4 rings (SSSR count). The monoisotopic (exact) mass is 888 g/mol. The van der Waals surface area contributed by atoms with Crippen molar-refractivity contribution in [2.75, 3.05) is 26.4 Å². The van der Waals surface area contributed by atoms with Crippen LogP contribution in [0.15, 0.2) is 0 Å². The molecule has 4 saturated heterocycles. The van der Waals surface area contributed by atoms with E-state index in [1.165, 1.54) is 0 Å². The summed E-state index contributed by atoms with van der Waals surface area (Å²) in [6, 6.07) is -6.35. The molecule has 0 unspecified atom stereocenters. The van der Waals surface area contributed by atoms with Gasteiger partial charge in [0.1, 0.15) is 103 Å². The Morgan fingerprint density at radius 1 is 0.475 bits per heavy atom. The van der Waals surface area contributed by atoms with Crippen LogP contribution in [-0.2, 0) is 52.3 Å². The summed E-state index contributed by atoms with van der Waals surface area (Å²) < 4.78 is 46.1. The second kappa shape index (κ2) is 21.6. The van der Waals surface area contributed by atoms with E-state index in [0.717, 1.165) is 20.8 Å². The fourth-order valence-corrected chi connectivity index (χ4v) is 7.38. The third-order valence-electron chi connectivity index (χ3n) is 10.1. The van der Waals surface area contributed by atoms with Crippen LogP contribution >= 0.6 is 0 Å². The molecule has 0 aliphatic carbocycles. The highest BCUT2D eigenvalue weighted by Gasteiger charge is 2.56. The van der Waals surface area contributed by atoms with Gasteiger partial charge in [-0.3, -0.25) is 14.4 Å². The van der Waals surface area contributed by atoms with Crippen molar-refractivity contribution in [1.82, 2.24) is 21.3 Å². The van der Waals surface area contributed by atoms with Crippen molar-refractivity contribution in [3.8, 4) is 0 Å². The molecule has 4 heterocycles. The highest BCUT2D eigenvalue weighted by molar-refractivity contribution is 5.74. The maximum Gasteiger partial charge on any atom is 0.408 e. The number of rotatable bonds is 14. The van der Waals surface area contributed by atoms with E-state index >= 15 is 0 Å². The minimum atomic E-state index is -1.92. The molecule has 14 N–H and O–H groups in total. The van der Waals surface area contributed by atoms with E-state index < -0.39 is 178 Å². The van der Waals surface area contributed by atoms with Gasteiger partial charge in [-0.2, -0.15) is 0 Å². The van der Waals surface area contributed by atoms with Gasteiger partial charge in [0.25, 0.3) is 0 Å². The molecular formula is C35H60N4O22. The van der Waals surface area contributed by atoms with Gasteiger partial charge < -0.3 is 110 Å². The predicted molar refractivity (Wildman–Crippen MR) is 196 cm³/mol. The van der Waals surface area contributed by atoms with Crippen molar-refractivity contribution < 1.29 is 108 Å². The number of ether oxygens (including phenoxy) is 8. The normalized spacial score (nSPS) is 41.9. The Kier molecular flexibility index (Phi) is 17.9. The molecule has 0 saturated carbocycles. The second-order valence-electron chi connectivity index (χ2n) is 16.0. The van der Waals surface area contributed by atoms with E-state index in [1.807, 2.05) is 0 Å². The number of alkyl carbamates (subject to hydrolysis) is 1. The zero-order valence-corrected chi connectivity index (χ0v) is 34.2. The first kappa shape index (κ1) is 50.6. The molecule has 26 heteroatoms. The van der Waals surface area contributed by atoms with Gasteiger partial charge in [0.2, 0.25) is 17.7 Å². The lowest BCUT2D eigenvalue weighted by Crippen LogP contribution is -2.71. The van der Waals surface area contributed by atoms with Crippen LogP contribution in [0.25, 0.3) is 0 Å². The molecule has 4 aliphatic heterocycles. The summed E-state index contributed by atoms with van der Waals surface area (Å²) in [5, 5.41) is 117. The maximum atomic E-state index is 12.7. The van der Waals surface area contributed by atoms with E-state index in [9.17, 15) is 70.2 Å². The lowest BCUT2D eigenvalue weighted by Gasteiger charge is -2.51. The molecule has 61 heavy (non-hydrogen) atoms. The van der Waals surface area contributed by atoms with Crippen LogP contribution in [0.5, 0.6) is 0 Å². The average Bonchev–Trinajstić information content (AvgIpc) is 3.17. The highest BCUT2D eigenvalue weighted by Crippen LogP contribution is 2.34. The molecule has 4 fully saturated rings. The molecule has 0 aromatic heterocycles. The van der Waals surface area contributed by atoms with Gasteiger partial charge in [-0.1, -0.05) is 0 Å². The Morgan fingerprint density at radius 3 is 1.16 bits per heavy atom. The van der Waals surface area contributed by atoms with Crippen molar-refractivity contribution in [1.29, 1.82) is 0 Å². The topological polar surface area (TPSA) is 393 Å². The number of carbonyl (C=O) groups is 4. The number of aliphatic hydroxyl groups is 10. The van der Waals surface area contributed by atoms with E-state index in [1.54, 1.807) is 20.8 Å². The first-order chi connectivity index (χ1) is 28.5. The van der Waals surface area contributed by atoms with E-state index in [0.29, 0.717) is 0 Å². The Morgan fingerprint density at radius 2 is 0.803 bits per heavy atom. The van der Waals surface area contributed by atoms with Gasteiger partial charge in [0.15, 0.2) is 25.2 Å². The van der Waals surface area contributed by atoms with Crippen molar-refractivity contribution >= 4 is 23.8 Å². The number of carbonyl (C=O) groups excluding carboxylic acids is 4. The standard InChI is InChI=1S/C35H60N4O22/c1-11(44)36-18-24(49)27(15(8-41)54-30(18)52)58-32-20(37-12(2)45)26(51)29(17(10-43)56-32)60-33-21(38-13(3)46)25(50)28(16(9-42)57-33)59-31-19(39-34(53)61-35(4,5)6)23(48)22(47)14(7-40)55-31/h14-33,40-43,47-52H,7-10H2,1-6H3,(H,36,44)(H,37,45)(H,38,46)(H,39,53)/t14-,15-,16-,17-,18-,19-,20-,21-,22-,23-,24-,25-,26-,27-,28-,29-,30-,31+,32+,33+/m1/s1. The van der Waals surface area contributed by atoms with E-state index in [2.05, 4.69) is 21.3 Å². The van der Waals surface area contributed by atoms with Crippen LogP contribution in [0.3, 0.4) is 0 Å². The molecule has 352 valence electrons. The highest BCUT2D eigenvalue weighted by atomic mass is 16.8. The Labute approximate surface area is 349 Å². The zero-order chi connectivity index (χ0) is 45.7. The van der Waals surface area contributed by atoms with Crippen LogP contribution in [0.2, 0.25) is 0 Å². The van der Waals surface area contributed by atoms with E-state index in [4.69, 9.17) is 37.9 Å². The van der Waals surface area contributed by atoms with Crippen LogP contribution < -0.4 is 21.3 Å². The summed E-state index contributed by atoms with van der Waals surface area (Å²) in [5.41, 5.74) is -1.01. The van der Waals surface area contributed by atoms with Gasteiger partial charge in [0, 0.05) is 20.8 Å². The fourth-order valence-electron chi connectivity index (χ4n) is 7.38. The molecule has 4 amide bonds. The van der Waals surface area contributed by atoms with Gasteiger partial charge in [-0.05, 0) is 20.8 Å². The molecule has 0 bridgehead atoms. The minimum Gasteiger partial charge on any atom is -0.444 e. The summed E-state index contributed by atoms with van der Waals surface area (Å²) >= 11 is 0.